The number of carbonyl (C=O) groups is 1. The molecule has 6 nitrogen and oxygen atoms in total. The van der Waals surface area contributed by atoms with Crippen LogP contribution in [0.5, 0.6) is 0 Å². The van der Waals surface area contributed by atoms with Crippen molar-refractivity contribution in [2.24, 2.45) is 5.92 Å². The number of aromatic amines is 2. The normalized spacial score (nSPS) is 23.4. The van der Waals surface area contributed by atoms with E-state index in [2.05, 4.69) is 10.2 Å². The van der Waals surface area contributed by atoms with Gasteiger partial charge >= 0.3 is 5.97 Å². The van der Waals surface area contributed by atoms with Crippen LogP contribution in [0.2, 0.25) is 0 Å². The number of benzene rings is 2. The van der Waals surface area contributed by atoms with Gasteiger partial charge in [-0.15, -0.1) is 0 Å². The smallest absolute Gasteiger partial charge is 0.313 e. The van der Waals surface area contributed by atoms with Crippen LogP contribution in [0.1, 0.15) is 40.8 Å². The highest BCUT2D eigenvalue weighted by Crippen LogP contribution is 2.44. The number of aryl methyl sites for hydroxylation is 1. The quantitative estimate of drug-likeness (QED) is 0.595. The molecule has 3 unspecified atom stereocenters. The summed E-state index contributed by atoms with van der Waals surface area (Å²) in [7, 11) is 0. The summed E-state index contributed by atoms with van der Waals surface area (Å²) in [6.07, 6.45) is 0.161. The molecule has 150 valence electrons. The van der Waals surface area contributed by atoms with Crippen molar-refractivity contribution in [1.29, 1.82) is 0 Å². The second-order valence-corrected chi connectivity index (χ2v) is 7.96. The van der Waals surface area contributed by atoms with Gasteiger partial charge in [0.05, 0.1) is 11.5 Å². The first-order valence-electron chi connectivity index (χ1n) is 9.66. The van der Waals surface area contributed by atoms with Crippen molar-refractivity contribution in [2.45, 2.75) is 38.4 Å². The fourth-order valence-electron chi connectivity index (χ4n) is 4.21. The van der Waals surface area contributed by atoms with Gasteiger partial charge in [-0.2, -0.15) is 0 Å². The lowest BCUT2D eigenvalue weighted by atomic mass is 9.66. The Hall–Kier alpha value is -3.12. The van der Waals surface area contributed by atoms with Crippen molar-refractivity contribution in [3.63, 3.8) is 0 Å². The predicted octanol–water partition coefficient (Wildman–Crippen LogP) is 2.81. The molecule has 3 atom stereocenters. The van der Waals surface area contributed by atoms with Crippen molar-refractivity contribution in [3.05, 3.63) is 92.9 Å². The first-order valence-corrected chi connectivity index (χ1v) is 9.66. The molecule has 1 heterocycles. The Morgan fingerprint density at radius 1 is 1.14 bits per heavy atom. The van der Waals surface area contributed by atoms with Crippen LogP contribution < -0.4 is 5.56 Å². The number of esters is 1. The van der Waals surface area contributed by atoms with Crippen molar-refractivity contribution in [3.8, 4) is 0 Å². The van der Waals surface area contributed by atoms with Crippen LogP contribution in [0.25, 0.3) is 0 Å². The zero-order chi connectivity index (χ0) is 20.6. The molecule has 2 aromatic carbocycles. The SMILES string of the molecule is Cc1ccc(C2c3c([nH][nH]c3=O)CC(C)(O)C2C(=O)OCc2ccccc2)cc1. The van der Waals surface area contributed by atoms with Crippen molar-refractivity contribution in [2.75, 3.05) is 0 Å². The van der Waals surface area contributed by atoms with E-state index in [1.807, 2.05) is 61.5 Å². The van der Waals surface area contributed by atoms with Crippen LogP contribution in [0.3, 0.4) is 0 Å². The molecule has 1 aliphatic carbocycles. The number of ether oxygens (including phenoxy) is 1. The van der Waals surface area contributed by atoms with Gasteiger partial charge in [0.2, 0.25) is 0 Å². The van der Waals surface area contributed by atoms with Crippen molar-refractivity contribution in [1.82, 2.24) is 10.2 Å². The van der Waals surface area contributed by atoms with E-state index in [-0.39, 0.29) is 18.6 Å². The third kappa shape index (κ3) is 3.63. The van der Waals surface area contributed by atoms with E-state index in [9.17, 15) is 14.7 Å². The molecule has 0 saturated carbocycles. The van der Waals surface area contributed by atoms with Gasteiger partial charge in [-0.3, -0.25) is 14.7 Å². The Morgan fingerprint density at radius 2 is 1.83 bits per heavy atom. The third-order valence-corrected chi connectivity index (χ3v) is 5.66. The Kier molecular flexibility index (Phi) is 4.88. The first-order chi connectivity index (χ1) is 13.9. The second-order valence-electron chi connectivity index (χ2n) is 7.96. The summed E-state index contributed by atoms with van der Waals surface area (Å²) in [6.45, 7) is 3.71. The molecule has 0 fully saturated rings. The van der Waals surface area contributed by atoms with Gasteiger partial charge in [-0.1, -0.05) is 60.2 Å². The third-order valence-electron chi connectivity index (χ3n) is 5.66. The average molecular weight is 392 g/mol. The molecular weight excluding hydrogens is 368 g/mol. The molecule has 1 aliphatic rings. The molecule has 0 saturated heterocycles. The number of hydrogen-bond acceptors (Lipinski definition) is 4. The van der Waals surface area contributed by atoms with Crippen LogP contribution >= 0.6 is 0 Å². The Labute approximate surface area is 168 Å². The zero-order valence-electron chi connectivity index (χ0n) is 16.4. The lowest BCUT2D eigenvalue weighted by molar-refractivity contribution is -0.161. The minimum absolute atomic E-state index is 0.114. The van der Waals surface area contributed by atoms with Crippen LogP contribution in [0.4, 0.5) is 0 Å². The molecule has 4 rings (SSSR count). The van der Waals surface area contributed by atoms with Gasteiger partial charge in [0.1, 0.15) is 6.61 Å². The summed E-state index contributed by atoms with van der Waals surface area (Å²) in [5.74, 6) is -2.03. The number of aromatic nitrogens is 2. The lowest BCUT2D eigenvalue weighted by Crippen LogP contribution is -2.50. The van der Waals surface area contributed by atoms with E-state index in [0.717, 1.165) is 16.7 Å². The molecule has 1 aromatic heterocycles. The Morgan fingerprint density at radius 3 is 2.52 bits per heavy atom. The van der Waals surface area contributed by atoms with Gasteiger partial charge in [-0.05, 0) is 25.0 Å². The highest BCUT2D eigenvalue weighted by Gasteiger charge is 2.51. The molecule has 3 aromatic rings. The highest BCUT2D eigenvalue weighted by atomic mass is 16.5. The summed E-state index contributed by atoms with van der Waals surface area (Å²) in [4.78, 5) is 25.7. The van der Waals surface area contributed by atoms with Gasteiger partial charge < -0.3 is 14.9 Å². The first kappa shape index (κ1) is 19.2. The molecule has 0 aliphatic heterocycles. The highest BCUT2D eigenvalue weighted by molar-refractivity contribution is 5.77. The largest absolute Gasteiger partial charge is 0.460 e. The summed E-state index contributed by atoms with van der Waals surface area (Å²) in [6, 6.07) is 17.1. The predicted molar refractivity (Wildman–Crippen MR) is 108 cm³/mol. The summed E-state index contributed by atoms with van der Waals surface area (Å²) in [5, 5.41) is 16.7. The minimum Gasteiger partial charge on any atom is -0.460 e. The number of carbonyl (C=O) groups excluding carboxylic acids is 1. The van der Waals surface area contributed by atoms with Gasteiger partial charge in [0.25, 0.3) is 5.56 Å². The molecule has 0 bridgehead atoms. The second kappa shape index (κ2) is 7.37. The van der Waals surface area contributed by atoms with Crippen LogP contribution in [0.15, 0.2) is 59.4 Å². The van der Waals surface area contributed by atoms with Crippen LogP contribution in [-0.2, 0) is 22.6 Å². The molecule has 0 spiro atoms. The maximum atomic E-state index is 13.2. The summed E-state index contributed by atoms with van der Waals surface area (Å²) >= 11 is 0. The van der Waals surface area contributed by atoms with Crippen molar-refractivity contribution >= 4 is 5.97 Å². The van der Waals surface area contributed by atoms with E-state index < -0.39 is 23.4 Å². The molecule has 3 N–H and O–H groups in total. The molecule has 6 heteroatoms. The van der Waals surface area contributed by atoms with E-state index in [4.69, 9.17) is 4.74 Å². The van der Waals surface area contributed by atoms with Gasteiger partial charge in [0, 0.05) is 23.6 Å². The molecule has 29 heavy (non-hydrogen) atoms. The molecule has 0 amide bonds. The van der Waals surface area contributed by atoms with E-state index in [0.29, 0.717) is 11.3 Å². The summed E-state index contributed by atoms with van der Waals surface area (Å²) < 4.78 is 5.59. The fraction of sp³-hybridized carbons (Fsp3) is 0.304. The number of nitrogens with one attached hydrogen (secondary N) is 2. The average Bonchev–Trinajstić information content (AvgIpc) is 3.05. The lowest BCUT2D eigenvalue weighted by Gasteiger charge is -2.40. The van der Waals surface area contributed by atoms with Crippen LogP contribution in [-0.4, -0.2) is 26.9 Å². The summed E-state index contributed by atoms with van der Waals surface area (Å²) in [5.41, 5.74) is 2.19. The maximum Gasteiger partial charge on any atom is 0.313 e. The van der Waals surface area contributed by atoms with E-state index in [1.165, 1.54) is 0 Å². The fourth-order valence-corrected chi connectivity index (χ4v) is 4.21. The number of hydrogen-bond donors (Lipinski definition) is 3. The zero-order valence-corrected chi connectivity index (χ0v) is 16.4. The van der Waals surface area contributed by atoms with E-state index in [1.54, 1.807) is 6.92 Å². The molecule has 0 radical (unpaired) electrons. The number of fused-ring (bicyclic) bond motifs is 1. The monoisotopic (exact) mass is 392 g/mol. The number of H-pyrrole nitrogens is 2. The minimum atomic E-state index is -1.37. The topological polar surface area (TPSA) is 95.2 Å². The Bertz CT molecular complexity index is 1060. The van der Waals surface area contributed by atoms with Crippen LogP contribution in [0, 0.1) is 12.8 Å². The molecular formula is C23H24N2O4. The van der Waals surface area contributed by atoms with Crippen molar-refractivity contribution < 1.29 is 14.6 Å². The maximum absolute atomic E-state index is 13.2. The standard InChI is InChI=1S/C23H24N2O4/c1-14-8-10-16(11-9-14)18-19-17(24-25-21(19)26)12-23(2,28)20(18)22(27)29-13-15-6-4-3-5-7-15/h3-11,18,20,28H,12-13H2,1-2H3,(H2,24,25,26). The number of rotatable bonds is 4. The van der Waals surface area contributed by atoms with E-state index >= 15 is 0 Å². The Balaban J connectivity index is 1.74. The van der Waals surface area contributed by atoms with Gasteiger partial charge in [0.15, 0.2) is 0 Å². The number of aliphatic hydroxyl groups is 1. The van der Waals surface area contributed by atoms with Gasteiger partial charge in [-0.25, -0.2) is 0 Å².